The molecule has 0 saturated heterocycles. The lowest BCUT2D eigenvalue weighted by Crippen LogP contribution is -2.42. The molecule has 3 aromatic rings. The van der Waals surface area contributed by atoms with Gasteiger partial charge in [-0.25, -0.2) is 5.10 Å². The van der Waals surface area contributed by atoms with Crippen molar-refractivity contribution in [2.45, 2.75) is 0 Å². The summed E-state index contributed by atoms with van der Waals surface area (Å²) in [6, 6.07) is 13.5. The second kappa shape index (κ2) is 6.79. The first-order valence-corrected chi connectivity index (χ1v) is 7.98. The summed E-state index contributed by atoms with van der Waals surface area (Å²) in [4.78, 5) is 36.0. The van der Waals surface area contributed by atoms with Gasteiger partial charge in [0.15, 0.2) is 5.69 Å². The molecule has 8 heteroatoms. The molecule has 0 atom stereocenters. The van der Waals surface area contributed by atoms with Crippen LogP contribution in [0, 0.1) is 3.57 Å². The number of rotatable bonds is 2. The Morgan fingerprint density at radius 2 is 1.54 bits per heavy atom. The van der Waals surface area contributed by atoms with E-state index in [1.807, 2.05) is 0 Å². The fourth-order valence-electron chi connectivity index (χ4n) is 2.13. The lowest BCUT2D eigenvalue weighted by molar-refractivity contribution is 0.0844. The van der Waals surface area contributed by atoms with Crippen molar-refractivity contribution in [1.29, 1.82) is 0 Å². The minimum absolute atomic E-state index is 0.0214. The van der Waals surface area contributed by atoms with E-state index in [9.17, 15) is 14.4 Å². The molecule has 0 aliphatic rings. The number of benzene rings is 2. The SMILES string of the molecule is O=C(NNC(=O)c1n[nH]c(=O)c2ccccc12)c1ccc(I)cc1. The quantitative estimate of drug-likeness (QED) is 0.421. The summed E-state index contributed by atoms with van der Waals surface area (Å²) in [5, 5.41) is 6.79. The van der Waals surface area contributed by atoms with Crippen molar-refractivity contribution >= 4 is 45.2 Å². The van der Waals surface area contributed by atoms with E-state index in [4.69, 9.17) is 0 Å². The molecule has 1 heterocycles. The highest BCUT2D eigenvalue weighted by atomic mass is 127. The second-order valence-electron chi connectivity index (χ2n) is 4.86. The zero-order valence-electron chi connectivity index (χ0n) is 12.2. The van der Waals surface area contributed by atoms with E-state index >= 15 is 0 Å². The van der Waals surface area contributed by atoms with Gasteiger partial charge in [-0.3, -0.25) is 25.2 Å². The number of hydrazine groups is 1. The zero-order valence-corrected chi connectivity index (χ0v) is 14.3. The van der Waals surface area contributed by atoms with Crippen LogP contribution in [0.15, 0.2) is 53.3 Å². The van der Waals surface area contributed by atoms with Crippen molar-refractivity contribution in [3.05, 3.63) is 73.7 Å². The molecule has 0 radical (unpaired) electrons. The maximum Gasteiger partial charge on any atom is 0.290 e. The first-order valence-electron chi connectivity index (χ1n) is 6.90. The fraction of sp³-hybridized carbons (Fsp3) is 0. The smallest absolute Gasteiger partial charge is 0.267 e. The molecule has 0 aliphatic carbocycles. The minimum atomic E-state index is -0.624. The molecule has 3 N–H and O–H groups in total. The highest BCUT2D eigenvalue weighted by Gasteiger charge is 2.15. The molecule has 2 amide bonds. The van der Waals surface area contributed by atoms with Gasteiger partial charge in [-0.15, -0.1) is 0 Å². The predicted octanol–water partition coefficient (Wildman–Crippen LogP) is 1.60. The van der Waals surface area contributed by atoms with E-state index in [1.54, 1.807) is 48.5 Å². The van der Waals surface area contributed by atoms with Crippen molar-refractivity contribution in [1.82, 2.24) is 21.0 Å². The Bertz CT molecular complexity index is 983. The Morgan fingerprint density at radius 3 is 2.25 bits per heavy atom. The van der Waals surface area contributed by atoms with E-state index in [0.717, 1.165) is 3.57 Å². The fourth-order valence-corrected chi connectivity index (χ4v) is 2.49. The molecular formula is C16H11IN4O3. The van der Waals surface area contributed by atoms with Crippen LogP contribution in [0.5, 0.6) is 0 Å². The van der Waals surface area contributed by atoms with E-state index in [2.05, 4.69) is 43.6 Å². The number of carbonyl (C=O) groups excluding carboxylic acids is 2. The van der Waals surface area contributed by atoms with Gasteiger partial charge in [-0.05, 0) is 52.9 Å². The number of H-pyrrole nitrogens is 1. The first kappa shape index (κ1) is 16.1. The van der Waals surface area contributed by atoms with Crippen LogP contribution < -0.4 is 16.4 Å². The van der Waals surface area contributed by atoms with Crippen LogP contribution in [-0.4, -0.2) is 22.0 Å². The van der Waals surface area contributed by atoms with Crippen molar-refractivity contribution < 1.29 is 9.59 Å². The van der Waals surface area contributed by atoms with Crippen LogP contribution in [0.25, 0.3) is 10.8 Å². The van der Waals surface area contributed by atoms with Crippen molar-refractivity contribution in [2.24, 2.45) is 0 Å². The van der Waals surface area contributed by atoms with Crippen LogP contribution >= 0.6 is 22.6 Å². The van der Waals surface area contributed by atoms with Gasteiger partial charge < -0.3 is 0 Å². The topological polar surface area (TPSA) is 104 Å². The number of carbonyl (C=O) groups is 2. The molecule has 24 heavy (non-hydrogen) atoms. The highest BCUT2D eigenvalue weighted by Crippen LogP contribution is 2.12. The molecule has 0 bridgehead atoms. The molecule has 0 unspecified atom stereocenters. The van der Waals surface area contributed by atoms with Crippen LogP contribution in [0.2, 0.25) is 0 Å². The third-order valence-corrected chi connectivity index (χ3v) is 4.03. The Hall–Kier alpha value is -2.75. The second-order valence-corrected chi connectivity index (χ2v) is 6.11. The maximum atomic E-state index is 12.2. The third-order valence-electron chi connectivity index (χ3n) is 3.31. The number of aromatic amines is 1. The van der Waals surface area contributed by atoms with Gasteiger partial charge in [0.1, 0.15) is 0 Å². The maximum absolute atomic E-state index is 12.2. The van der Waals surface area contributed by atoms with Gasteiger partial charge >= 0.3 is 0 Å². The number of nitrogens with one attached hydrogen (secondary N) is 3. The number of hydrogen-bond donors (Lipinski definition) is 3. The number of aromatic nitrogens is 2. The summed E-state index contributed by atoms with van der Waals surface area (Å²) in [6.07, 6.45) is 0. The van der Waals surface area contributed by atoms with Crippen LogP contribution in [0.4, 0.5) is 0 Å². The van der Waals surface area contributed by atoms with E-state index in [0.29, 0.717) is 16.3 Å². The average molecular weight is 434 g/mol. The Kier molecular flexibility index (Phi) is 4.56. The molecule has 0 fully saturated rings. The molecule has 0 spiro atoms. The number of nitrogens with zero attached hydrogens (tertiary/aromatic N) is 1. The summed E-state index contributed by atoms with van der Waals surface area (Å²) in [7, 11) is 0. The lowest BCUT2D eigenvalue weighted by Gasteiger charge is -2.08. The van der Waals surface area contributed by atoms with E-state index in [-0.39, 0.29) is 11.3 Å². The molecule has 120 valence electrons. The van der Waals surface area contributed by atoms with Gasteiger partial charge in [-0.2, -0.15) is 5.10 Å². The van der Waals surface area contributed by atoms with Crippen molar-refractivity contribution in [3.63, 3.8) is 0 Å². The summed E-state index contributed by atoms with van der Waals surface area (Å²) in [5.41, 5.74) is 4.67. The van der Waals surface area contributed by atoms with E-state index in [1.165, 1.54) is 0 Å². The van der Waals surface area contributed by atoms with E-state index < -0.39 is 11.8 Å². The molecule has 1 aromatic heterocycles. The van der Waals surface area contributed by atoms with Crippen molar-refractivity contribution in [2.75, 3.05) is 0 Å². The Morgan fingerprint density at radius 1 is 0.917 bits per heavy atom. The van der Waals surface area contributed by atoms with Gasteiger partial charge in [0.05, 0.1) is 5.39 Å². The molecular weight excluding hydrogens is 423 g/mol. The summed E-state index contributed by atoms with van der Waals surface area (Å²) in [6.45, 7) is 0. The van der Waals surface area contributed by atoms with Gasteiger partial charge in [-0.1, -0.05) is 18.2 Å². The molecule has 3 rings (SSSR count). The number of amides is 2. The Labute approximate surface area is 149 Å². The summed E-state index contributed by atoms with van der Waals surface area (Å²) < 4.78 is 0.997. The lowest BCUT2D eigenvalue weighted by atomic mass is 10.1. The van der Waals surface area contributed by atoms with Crippen LogP contribution in [-0.2, 0) is 0 Å². The third kappa shape index (κ3) is 3.27. The largest absolute Gasteiger partial charge is 0.290 e. The highest BCUT2D eigenvalue weighted by molar-refractivity contribution is 14.1. The first-order chi connectivity index (χ1) is 11.6. The zero-order chi connectivity index (χ0) is 17.1. The molecule has 0 aliphatic heterocycles. The molecule has 0 saturated carbocycles. The molecule has 2 aromatic carbocycles. The van der Waals surface area contributed by atoms with Gasteiger partial charge in [0.2, 0.25) is 0 Å². The monoisotopic (exact) mass is 434 g/mol. The molecule has 7 nitrogen and oxygen atoms in total. The van der Waals surface area contributed by atoms with Crippen LogP contribution in [0.1, 0.15) is 20.8 Å². The minimum Gasteiger partial charge on any atom is -0.267 e. The average Bonchev–Trinajstić information content (AvgIpc) is 2.60. The van der Waals surface area contributed by atoms with Crippen LogP contribution in [0.3, 0.4) is 0 Å². The number of hydrogen-bond acceptors (Lipinski definition) is 4. The van der Waals surface area contributed by atoms with Gasteiger partial charge in [0.25, 0.3) is 17.4 Å². The summed E-state index contributed by atoms with van der Waals surface area (Å²) >= 11 is 2.13. The summed E-state index contributed by atoms with van der Waals surface area (Å²) in [5.74, 6) is -1.07. The Balaban J connectivity index is 1.78. The number of fused-ring (bicyclic) bond motifs is 1. The van der Waals surface area contributed by atoms with Crippen molar-refractivity contribution in [3.8, 4) is 0 Å². The standard InChI is InChI=1S/C16H11IN4O3/c17-10-7-5-9(6-8-10)14(22)19-21-16(24)13-11-3-1-2-4-12(11)15(23)20-18-13/h1-8H,(H,19,22)(H,20,23)(H,21,24). The normalized spacial score (nSPS) is 10.4. The predicted molar refractivity (Wildman–Crippen MR) is 96.5 cm³/mol. The number of halogens is 1. The van der Waals surface area contributed by atoms with Gasteiger partial charge in [0, 0.05) is 14.5 Å².